The summed E-state index contributed by atoms with van der Waals surface area (Å²) >= 11 is 0. The second kappa shape index (κ2) is 7.22. The summed E-state index contributed by atoms with van der Waals surface area (Å²) in [6, 6.07) is 13.8. The number of fused-ring (bicyclic) bond motifs is 1. The monoisotopic (exact) mass is 373 g/mol. The van der Waals surface area contributed by atoms with Crippen LogP contribution in [0.1, 0.15) is 0 Å². The van der Waals surface area contributed by atoms with Crippen LogP contribution in [0.2, 0.25) is 0 Å². The van der Waals surface area contributed by atoms with E-state index in [1.54, 1.807) is 0 Å². The number of hydrogen-bond donors (Lipinski definition) is 4. The normalized spacial score (nSPS) is 28.4. The van der Waals surface area contributed by atoms with Crippen molar-refractivity contribution in [1.82, 2.24) is 15.2 Å². The van der Waals surface area contributed by atoms with Gasteiger partial charge in [-0.15, -0.1) is 5.10 Å². The van der Waals surface area contributed by atoms with Crippen LogP contribution in [-0.4, -0.2) is 72.9 Å². The van der Waals surface area contributed by atoms with Crippen LogP contribution in [0.15, 0.2) is 48.7 Å². The molecule has 9 heteroatoms. The maximum Gasteiger partial charge on any atom is 0.256 e. The van der Waals surface area contributed by atoms with Crippen molar-refractivity contribution in [3.63, 3.8) is 0 Å². The zero-order valence-electron chi connectivity index (χ0n) is 14.2. The van der Waals surface area contributed by atoms with E-state index in [-0.39, 0.29) is 0 Å². The molecular formula is C18H19N3O6. The van der Waals surface area contributed by atoms with E-state index in [1.165, 1.54) is 6.20 Å². The molecule has 0 radical (unpaired) electrons. The lowest BCUT2D eigenvalue weighted by atomic mass is 9.99. The van der Waals surface area contributed by atoms with Crippen LogP contribution < -0.4 is 4.84 Å². The van der Waals surface area contributed by atoms with Crippen molar-refractivity contribution in [3.05, 3.63) is 48.7 Å². The van der Waals surface area contributed by atoms with Crippen LogP contribution in [0.4, 0.5) is 0 Å². The highest BCUT2D eigenvalue weighted by atomic mass is 16.8. The average molecular weight is 373 g/mol. The Kier molecular flexibility index (Phi) is 4.77. The van der Waals surface area contributed by atoms with Crippen LogP contribution in [0.5, 0.6) is 0 Å². The van der Waals surface area contributed by atoms with Crippen LogP contribution >= 0.6 is 0 Å². The summed E-state index contributed by atoms with van der Waals surface area (Å²) in [5, 5.41) is 48.9. The Morgan fingerprint density at radius 3 is 2.56 bits per heavy atom. The van der Waals surface area contributed by atoms with Gasteiger partial charge in [-0.3, -0.25) is 0 Å². The lowest BCUT2D eigenvalue weighted by Crippen LogP contribution is -2.61. The highest BCUT2D eigenvalue weighted by Gasteiger charge is 2.45. The number of aliphatic hydroxyl groups excluding tert-OH is 4. The lowest BCUT2D eigenvalue weighted by Gasteiger charge is -2.38. The number of hydrogen-bond acceptors (Lipinski definition) is 8. The Hall–Kier alpha value is -2.56. The molecule has 0 aliphatic carbocycles. The Morgan fingerprint density at radius 2 is 1.78 bits per heavy atom. The third-order valence-corrected chi connectivity index (χ3v) is 4.58. The van der Waals surface area contributed by atoms with Gasteiger partial charge in [0, 0.05) is 5.56 Å². The first kappa shape index (κ1) is 17.8. The number of ether oxygens (including phenoxy) is 1. The molecule has 1 aliphatic rings. The van der Waals surface area contributed by atoms with Crippen LogP contribution in [0, 0.1) is 0 Å². The first-order chi connectivity index (χ1) is 13.1. The number of rotatable bonds is 4. The molecule has 0 unspecified atom stereocenters. The van der Waals surface area contributed by atoms with Gasteiger partial charge in [-0.05, 0) is 22.1 Å². The molecule has 142 valence electrons. The second-order valence-electron chi connectivity index (χ2n) is 6.37. The SMILES string of the molecule is OC[C@H]1O[C@@H](On2cc(-c3ccc4ccccc4c3)nn2)[C@H](O)[C@@H](O)[C@@H]1O. The summed E-state index contributed by atoms with van der Waals surface area (Å²) < 4.78 is 5.29. The minimum absolute atomic E-state index is 0.537. The predicted octanol–water partition coefficient (Wildman–Crippen LogP) is -0.673. The molecule has 0 amide bonds. The van der Waals surface area contributed by atoms with Crippen LogP contribution in [0.25, 0.3) is 22.0 Å². The van der Waals surface area contributed by atoms with Gasteiger partial charge in [0.05, 0.1) is 12.8 Å². The maximum absolute atomic E-state index is 10.0. The smallest absolute Gasteiger partial charge is 0.256 e. The summed E-state index contributed by atoms with van der Waals surface area (Å²) in [4.78, 5) is 6.41. The van der Waals surface area contributed by atoms with Gasteiger partial charge in [-0.2, -0.15) is 0 Å². The summed E-state index contributed by atoms with van der Waals surface area (Å²) in [5.41, 5.74) is 1.38. The van der Waals surface area contributed by atoms with E-state index in [4.69, 9.17) is 9.57 Å². The maximum atomic E-state index is 10.0. The van der Waals surface area contributed by atoms with Crippen molar-refractivity contribution in [2.45, 2.75) is 30.7 Å². The van der Waals surface area contributed by atoms with E-state index in [0.29, 0.717) is 5.69 Å². The van der Waals surface area contributed by atoms with E-state index in [9.17, 15) is 20.4 Å². The van der Waals surface area contributed by atoms with Gasteiger partial charge in [-0.1, -0.05) is 41.2 Å². The molecule has 2 aromatic carbocycles. The molecule has 4 N–H and O–H groups in total. The molecule has 27 heavy (non-hydrogen) atoms. The number of benzene rings is 2. The van der Waals surface area contributed by atoms with Gasteiger partial charge in [0.2, 0.25) is 0 Å². The molecule has 0 spiro atoms. The van der Waals surface area contributed by atoms with Gasteiger partial charge < -0.3 is 30.0 Å². The largest absolute Gasteiger partial charge is 0.394 e. The molecule has 1 aromatic heterocycles. The van der Waals surface area contributed by atoms with Crippen LogP contribution in [0.3, 0.4) is 0 Å². The Morgan fingerprint density at radius 1 is 1.00 bits per heavy atom. The summed E-state index contributed by atoms with van der Waals surface area (Å²) in [7, 11) is 0. The van der Waals surface area contributed by atoms with Crippen molar-refractivity contribution in [3.8, 4) is 11.3 Å². The zero-order chi connectivity index (χ0) is 19.0. The standard InChI is InChI=1S/C18H19N3O6/c22-9-14-15(23)16(24)17(25)18(26-14)27-21-8-13(19-20-21)12-6-5-10-3-1-2-4-11(10)7-12/h1-8,14-18,22-25H,9H2/t14-,15-,16+,17-,18+/m1/s1. The molecule has 1 saturated heterocycles. The highest BCUT2D eigenvalue weighted by Crippen LogP contribution is 2.23. The van der Waals surface area contributed by atoms with Crippen LogP contribution in [-0.2, 0) is 4.74 Å². The number of aliphatic hydroxyl groups is 4. The van der Waals surface area contributed by atoms with E-state index >= 15 is 0 Å². The zero-order valence-corrected chi connectivity index (χ0v) is 14.2. The Bertz CT molecular complexity index is 930. The fourth-order valence-electron chi connectivity index (χ4n) is 3.04. The fourth-order valence-corrected chi connectivity index (χ4v) is 3.04. The molecule has 3 aromatic rings. The van der Waals surface area contributed by atoms with Crippen molar-refractivity contribution in [1.29, 1.82) is 0 Å². The van der Waals surface area contributed by atoms with E-state index in [0.717, 1.165) is 21.2 Å². The predicted molar refractivity (Wildman–Crippen MR) is 93.3 cm³/mol. The molecule has 0 bridgehead atoms. The fraction of sp³-hybridized carbons (Fsp3) is 0.333. The Labute approximate surface area is 154 Å². The minimum Gasteiger partial charge on any atom is -0.394 e. The Balaban J connectivity index is 1.53. The first-order valence-electron chi connectivity index (χ1n) is 8.46. The molecule has 2 heterocycles. The van der Waals surface area contributed by atoms with Gasteiger partial charge in [0.1, 0.15) is 30.1 Å². The molecule has 1 aliphatic heterocycles. The molecule has 4 rings (SSSR count). The van der Waals surface area contributed by atoms with Gasteiger partial charge in [0.25, 0.3) is 6.29 Å². The molecular weight excluding hydrogens is 354 g/mol. The molecule has 1 fully saturated rings. The third-order valence-electron chi connectivity index (χ3n) is 4.58. The topological polar surface area (TPSA) is 130 Å². The summed E-state index contributed by atoms with van der Waals surface area (Å²) in [5.74, 6) is 0. The van der Waals surface area contributed by atoms with Crippen molar-refractivity contribution >= 4 is 10.8 Å². The highest BCUT2D eigenvalue weighted by molar-refractivity contribution is 5.86. The van der Waals surface area contributed by atoms with Crippen molar-refractivity contribution < 1.29 is 30.0 Å². The quantitative estimate of drug-likeness (QED) is 0.474. The van der Waals surface area contributed by atoms with Crippen molar-refractivity contribution in [2.75, 3.05) is 6.61 Å². The van der Waals surface area contributed by atoms with E-state index in [2.05, 4.69) is 10.3 Å². The molecule has 5 atom stereocenters. The molecule has 0 saturated carbocycles. The first-order valence-corrected chi connectivity index (χ1v) is 8.46. The minimum atomic E-state index is -1.52. The van der Waals surface area contributed by atoms with Gasteiger partial charge in [0.15, 0.2) is 0 Å². The summed E-state index contributed by atoms with van der Waals surface area (Å²) in [6.45, 7) is -0.537. The van der Waals surface area contributed by atoms with E-state index < -0.39 is 37.3 Å². The lowest BCUT2D eigenvalue weighted by molar-refractivity contribution is -0.303. The van der Waals surface area contributed by atoms with Gasteiger partial charge in [-0.25, -0.2) is 0 Å². The average Bonchev–Trinajstić information content (AvgIpc) is 3.16. The third kappa shape index (κ3) is 3.38. The molecule has 9 nitrogen and oxygen atoms in total. The van der Waals surface area contributed by atoms with Crippen molar-refractivity contribution in [2.24, 2.45) is 0 Å². The second-order valence-corrected chi connectivity index (χ2v) is 6.37. The van der Waals surface area contributed by atoms with E-state index in [1.807, 2.05) is 42.5 Å². The number of aromatic nitrogens is 3. The summed E-state index contributed by atoms with van der Waals surface area (Å²) in [6.07, 6.45) is -5.37. The number of nitrogens with zero attached hydrogens (tertiary/aromatic N) is 3. The van der Waals surface area contributed by atoms with Gasteiger partial charge >= 0.3 is 0 Å².